The van der Waals surface area contributed by atoms with E-state index < -0.39 is 16.9 Å². The predicted molar refractivity (Wildman–Crippen MR) is 55.7 cm³/mol. The maximum absolute atomic E-state index is 10.3. The molecule has 1 rings (SSSR count). The fourth-order valence-electron chi connectivity index (χ4n) is 0.958. The van der Waals surface area contributed by atoms with Gasteiger partial charge in [-0.2, -0.15) is 0 Å². The summed E-state index contributed by atoms with van der Waals surface area (Å²) in [5, 5.41) is 8.44. The first kappa shape index (κ1) is 13.9. The highest BCUT2D eigenvalue weighted by Crippen LogP contribution is 2.41. The zero-order chi connectivity index (χ0) is 12.1. The molecule has 0 heterocycles. The molecule has 1 saturated carbocycles. The minimum atomic E-state index is -0.984. The lowest BCUT2D eigenvalue weighted by Crippen LogP contribution is -2.34. The summed E-state index contributed by atoms with van der Waals surface area (Å²) in [7, 11) is 0. The van der Waals surface area contributed by atoms with E-state index in [2.05, 4.69) is 11.3 Å². The van der Waals surface area contributed by atoms with Crippen molar-refractivity contribution in [3.63, 3.8) is 0 Å². The van der Waals surface area contributed by atoms with Crippen LogP contribution in [0.25, 0.3) is 0 Å². The summed E-state index contributed by atoms with van der Waals surface area (Å²) in [6.45, 7) is 5.50. The SMILES string of the molecule is C=CC1CC1(N)C(=O)O.CCOC(=O)Cl. The van der Waals surface area contributed by atoms with E-state index in [0.717, 1.165) is 0 Å². The number of hydrogen-bond acceptors (Lipinski definition) is 4. The molecule has 0 aromatic heterocycles. The van der Waals surface area contributed by atoms with E-state index in [-0.39, 0.29) is 5.92 Å². The molecule has 1 fully saturated rings. The molecular weight excluding hydrogens is 222 g/mol. The van der Waals surface area contributed by atoms with Crippen molar-refractivity contribution < 1.29 is 19.4 Å². The molecule has 0 aromatic carbocycles. The van der Waals surface area contributed by atoms with Crippen LogP contribution < -0.4 is 5.73 Å². The maximum Gasteiger partial charge on any atom is 0.403 e. The summed E-state index contributed by atoms with van der Waals surface area (Å²) in [5.74, 6) is -0.942. The quantitative estimate of drug-likeness (QED) is 0.569. The molecule has 2 atom stereocenters. The number of nitrogens with two attached hydrogens (primary N) is 1. The van der Waals surface area contributed by atoms with Crippen LogP contribution in [0.15, 0.2) is 12.7 Å². The Morgan fingerprint density at radius 1 is 1.80 bits per heavy atom. The first-order chi connectivity index (χ1) is 6.88. The van der Waals surface area contributed by atoms with Crippen LogP contribution in [0.5, 0.6) is 0 Å². The summed E-state index contributed by atoms with van der Waals surface area (Å²) in [5.41, 5.74) is 3.65. The first-order valence-corrected chi connectivity index (χ1v) is 4.73. The Morgan fingerprint density at radius 3 is 2.40 bits per heavy atom. The summed E-state index contributed by atoms with van der Waals surface area (Å²) in [6.07, 6.45) is 2.12. The molecule has 0 spiro atoms. The smallest absolute Gasteiger partial charge is 0.403 e. The van der Waals surface area contributed by atoms with Crippen LogP contribution in [-0.4, -0.2) is 28.7 Å². The zero-order valence-electron chi connectivity index (χ0n) is 8.40. The predicted octanol–water partition coefficient (Wildman–Crippen LogP) is 1.36. The third-order valence-electron chi connectivity index (χ3n) is 2.00. The molecule has 0 radical (unpaired) electrons. The molecule has 1 aliphatic carbocycles. The number of carboxylic acid groups (broad SMARTS) is 1. The monoisotopic (exact) mass is 235 g/mol. The molecule has 0 aliphatic heterocycles. The number of aliphatic carboxylic acids is 1. The number of carboxylic acids is 1. The van der Waals surface area contributed by atoms with Crippen molar-refractivity contribution in [3.8, 4) is 0 Å². The third-order valence-corrected chi connectivity index (χ3v) is 2.11. The third kappa shape index (κ3) is 4.31. The molecule has 0 bridgehead atoms. The van der Waals surface area contributed by atoms with E-state index in [1.807, 2.05) is 0 Å². The minimum Gasteiger partial charge on any atom is -0.480 e. The molecule has 15 heavy (non-hydrogen) atoms. The van der Waals surface area contributed by atoms with Gasteiger partial charge in [-0.3, -0.25) is 4.79 Å². The number of hydrogen-bond donors (Lipinski definition) is 2. The van der Waals surface area contributed by atoms with Crippen LogP contribution in [-0.2, 0) is 9.53 Å². The van der Waals surface area contributed by atoms with Crippen LogP contribution >= 0.6 is 11.6 Å². The lowest BCUT2D eigenvalue weighted by atomic mass is 10.2. The zero-order valence-corrected chi connectivity index (χ0v) is 9.16. The van der Waals surface area contributed by atoms with Crippen molar-refractivity contribution in [2.75, 3.05) is 6.61 Å². The minimum absolute atomic E-state index is 0.0185. The van der Waals surface area contributed by atoms with Crippen molar-refractivity contribution in [2.24, 2.45) is 11.7 Å². The van der Waals surface area contributed by atoms with E-state index in [0.29, 0.717) is 13.0 Å². The van der Waals surface area contributed by atoms with E-state index in [1.165, 1.54) is 0 Å². The number of carbonyl (C=O) groups is 2. The lowest BCUT2D eigenvalue weighted by Gasteiger charge is -1.99. The highest BCUT2D eigenvalue weighted by atomic mass is 35.5. The van der Waals surface area contributed by atoms with Crippen molar-refractivity contribution in [3.05, 3.63) is 12.7 Å². The maximum atomic E-state index is 10.3. The van der Waals surface area contributed by atoms with Gasteiger partial charge >= 0.3 is 11.4 Å². The fourth-order valence-corrected chi connectivity index (χ4v) is 1.07. The summed E-state index contributed by atoms with van der Waals surface area (Å²) in [6, 6.07) is 0. The van der Waals surface area contributed by atoms with Crippen LogP contribution in [0.2, 0.25) is 0 Å². The highest BCUT2D eigenvalue weighted by molar-refractivity contribution is 6.61. The molecule has 0 saturated heterocycles. The molecule has 1 aliphatic rings. The van der Waals surface area contributed by atoms with Gasteiger partial charge in [0.2, 0.25) is 0 Å². The number of ether oxygens (including phenoxy) is 1. The van der Waals surface area contributed by atoms with E-state index in [1.54, 1.807) is 13.0 Å². The largest absolute Gasteiger partial charge is 0.480 e. The number of rotatable bonds is 3. The Hall–Kier alpha value is -1.07. The number of carbonyl (C=O) groups excluding carboxylic acids is 1. The van der Waals surface area contributed by atoms with Crippen LogP contribution in [0.3, 0.4) is 0 Å². The Balaban J connectivity index is 0.000000288. The van der Waals surface area contributed by atoms with Gasteiger partial charge in [-0.1, -0.05) is 6.08 Å². The van der Waals surface area contributed by atoms with Gasteiger partial charge in [-0.25, -0.2) is 4.79 Å². The molecule has 0 aromatic rings. The Morgan fingerprint density at radius 2 is 2.33 bits per heavy atom. The van der Waals surface area contributed by atoms with Crippen molar-refractivity contribution in [1.82, 2.24) is 0 Å². The van der Waals surface area contributed by atoms with Crippen molar-refractivity contribution >= 4 is 23.0 Å². The second kappa shape index (κ2) is 5.72. The Kier molecular flexibility index (Phi) is 5.32. The van der Waals surface area contributed by atoms with Crippen molar-refractivity contribution in [1.29, 1.82) is 0 Å². The van der Waals surface area contributed by atoms with E-state index in [9.17, 15) is 9.59 Å². The van der Waals surface area contributed by atoms with E-state index in [4.69, 9.17) is 22.4 Å². The fraction of sp³-hybridized carbons (Fsp3) is 0.556. The lowest BCUT2D eigenvalue weighted by molar-refractivity contribution is -0.139. The second-order valence-electron chi connectivity index (χ2n) is 3.06. The standard InChI is InChI=1S/C6H9NO2.C3H5ClO2/c1-2-4-3-6(4,7)5(8)9;1-2-6-3(4)5/h2,4H,1,3,7H2,(H,8,9);2H2,1H3. The van der Waals surface area contributed by atoms with Crippen molar-refractivity contribution in [2.45, 2.75) is 18.9 Å². The molecule has 3 N–H and O–H groups in total. The topological polar surface area (TPSA) is 89.6 Å². The van der Waals surface area contributed by atoms with Gasteiger partial charge in [0.25, 0.3) is 0 Å². The van der Waals surface area contributed by atoms with Gasteiger partial charge in [-0.15, -0.1) is 6.58 Å². The van der Waals surface area contributed by atoms with Gasteiger partial charge in [-0.05, 0) is 13.3 Å². The van der Waals surface area contributed by atoms with Gasteiger partial charge in [0.1, 0.15) is 5.54 Å². The normalized spacial score (nSPS) is 27.0. The van der Waals surface area contributed by atoms with Gasteiger partial charge in [0, 0.05) is 17.5 Å². The molecule has 86 valence electrons. The van der Waals surface area contributed by atoms with Gasteiger partial charge in [0.15, 0.2) is 0 Å². The molecule has 5 nitrogen and oxygen atoms in total. The first-order valence-electron chi connectivity index (χ1n) is 4.35. The molecule has 6 heteroatoms. The molecule has 0 amide bonds. The molecule has 2 unspecified atom stereocenters. The van der Waals surface area contributed by atoms with Crippen LogP contribution in [0.1, 0.15) is 13.3 Å². The van der Waals surface area contributed by atoms with E-state index >= 15 is 0 Å². The van der Waals surface area contributed by atoms with Gasteiger partial charge in [0.05, 0.1) is 6.61 Å². The Bertz CT molecular complexity index is 269. The van der Waals surface area contributed by atoms with Crippen LogP contribution in [0.4, 0.5) is 4.79 Å². The summed E-state index contributed by atoms with van der Waals surface area (Å²) in [4.78, 5) is 19.9. The second-order valence-corrected chi connectivity index (χ2v) is 3.37. The number of halogens is 1. The summed E-state index contributed by atoms with van der Waals surface area (Å²) < 4.78 is 4.17. The van der Waals surface area contributed by atoms with Crippen LogP contribution in [0, 0.1) is 5.92 Å². The molecular formula is C9H14ClNO4. The Labute approximate surface area is 92.8 Å². The average Bonchev–Trinajstić information content (AvgIpc) is 2.79. The van der Waals surface area contributed by atoms with Gasteiger partial charge < -0.3 is 15.6 Å². The summed E-state index contributed by atoms with van der Waals surface area (Å²) >= 11 is 4.72. The average molecular weight is 236 g/mol. The highest BCUT2D eigenvalue weighted by Gasteiger charge is 2.55.